The summed E-state index contributed by atoms with van der Waals surface area (Å²) in [5, 5.41) is 0. The lowest BCUT2D eigenvalue weighted by Crippen LogP contribution is -2.35. The molecule has 1 saturated heterocycles. The van der Waals surface area contributed by atoms with Gasteiger partial charge in [0.05, 0.1) is 12.0 Å². The minimum absolute atomic E-state index is 0.115. The quantitative estimate of drug-likeness (QED) is 0.226. The van der Waals surface area contributed by atoms with Crippen molar-refractivity contribution in [1.29, 1.82) is 0 Å². The Labute approximate surface area is 101 Å². The Morgan fingerprint density at radius 2 is 2.12 bits per heavy atom. The molecule has 6 nitrogen and oxygen atoms in total. The average Bonchev–Trinajstić information content (AvgIpc) is 2.17. The van der Waals surface area contributed by atoms with Crippen molar-refractivity contribution in [3.63, 3.8) is 0 Å². The minimum atomic E-state index is -2.68. The summed E-state index contributed by atoms with van der Waals surface area (Å²) < 4.78 is 19.1. The fraction of sp³-hybridized carbons (Fsp3) is 0.875. The van der Waals surface area contributed by atoms with Crippen LogP contribution in [0.25, 0.3) is 0 Å². The molecule has 16 heavy (non-hydrogen) atoms. The molecule has 1 fully saturated rings. The van der Waals surface area contributed by atoms with Crippen LogP contribution in [0.2, 0.25) is 0 Å². The van der Waals surface area contributed by atoms with Crippen LogP contribution in [-0.4, -0.2) is 42.4 Å². The van der Waals surface area contributed by atoms with E-state index in [2.05, 4.69) is 17.6 Å². The summed E-state index contributed by atoms with van der Waals surface area (Å²) in [6.45, 7) is 2.98. The van der Waals surface area contributed by atoms with E-state index in [0.29, 0.717) is 13.1 Å². The van der Waals surface area contributed by atoms with Gasteiger partial charge in [0.1, 0.15) is 0 Å². The van der Waals surface area contributed by atoms with Crippen molar-refractivity contribution in [3.8, 4) is 0 Å². The molecule has 1 rings (SSSR count). The lowest BCUT2D eigenvalue weighted by Gasteiger charge is -2.33. The molecular formula is C8H19N4O2PS. The van der Waals surface area contributed by atoms with Crippen LogP contribution in [0.3, 0.4) is 0 Å². The monoisotopic (exact) mass is 266 g/mol. The van der Waals surface area contributed by atoms with E-state index in [4.69, 9.17) is 16.0 Å². The molecule has 1 atom stereocenters. The van der Waals surface area contributed by atoms with Gasteiger partial charge in [0.15, 0.2) is 5.96 Å². The summed E-state index contributed by atoms with van der Waals surface area (Å²) in [6, 6.07) is 0.136. The van der Waals surface area contributed by atoms with Gasteiger partial charge >= 0.3 is 0 Å². The Balaban J connectivity index is 2.49. The number of guanidine groups is 1. The number of rotatable bonds is 4. The van der Waals surface area contributed by atoms with Gasteiger partial charge in [0.2, 0.25) is 0 Å². The zero-order chi connectivity index (χ0) is 12.2. The van der Waals surface area contributed by atoms with E-state index < -0.39 is 7.52 Å². The van der Waals surface area contributed by atoms with E-state index in [1.807, 2.05) is 4.67 Å². The summed E-state index contributed by atoms with van der Waals surface area (Å²) in [6.07, 6.45) is 1.59. The second-order valence-electron chi connectivity index (χ2n) is 3.80. The first-order valence-corrected chi connectivity index (χ1v) is 7.78. The van der Waals surface area contributed by atoms with Crippen molar-refractivity contribution in [2.24, 2.45) is 16.5 Å². The lowest BCUT2D eigenvalue weighted by atomic mass is 10.1. The maximum absolute atomic E-state index is 12.1. The molecule has 1 unspecified atom stereocenters. The third kappa shape index (κ3) is 3.97. The van der Waals surface area contributed by atoms with Crippen molar-refractivity contribution < 1.29 is 9.09 Å². The van der Waals surface area contributed by atoms with Gasteiger partial charge in [-0.15, -0.1) is 0 Å². The molecule has 94 valence electrons. The fourth-order valence-electron chi connectivity index (χ4n) is 1.74. The number of nitrogens with zero attached hydrogens (tertiary/aromatic N) is 2. The Hall–Kier alpha value is -0.230. The van der Waals surface area contributed by atoms with Gasteiger partial charge in [-0.2, -0.15) is 12.6 Å². The number of nitrogens with two attached hydrogens (primary N) is 2. The fourth-order valence-corrected chi connectivity index (χ4v) is 3.72. The Bertz CT molecular complexity index is 300. The van der Waals surface area contributed by atoms with Gasteiger partial charge in [-0.25, -0.2) is 4.67 Å². The average molecular weight is 266 g/mol. The van der Waals surface area contributed by atoms with Gasteiger partial charge in [-0.1, -0.05) is 0 Å². The Kier molecular flexibility index (Phi) is 5.11. The van der Waals surface area contributed by atoms with E-state index in [9.17, 15) is 4.57 Å². The van der Waals surface area contributed by atoms with E-state index in [1.165, 1.54) is 0 Å². The Morgan fingerprint density at radius 1 is 1.56 bits per heavy atom. The van der Waals surface area contributed by atoms with Gasteiger partial charge < -0.3 is 16.0 Å². The lowest BCUT2D eigenvalue weighted by molar-refractivity contribution is 0.262. The molecule has 0 aromatic rings. The number of piperidine rings is 1. The summed E-state index contributed by atoms with van der Waals surface area (Å²) in [5.74, 6) is 0.284. The van der Waals surface area contributed by atoms with E-state index in [1.54, 1.807) is 6.66 Å². The van der Waals surface area contributed by atoms with Crippen LogP contribution in [0.4, 0.5) is 0 Å². The van der Waals surface area contributed by atoms with Crippen molar-refractivity contribution in [3.05, 3.63) is 0 Å². The van der Waals surface area contributed by atoms with Gasteiger partial charge in [0.25, 0.3) is 7.52 Å². The molecule has 0 saturated carbocycles. The zero-order valence-corrected chi connectivity index (χ0v) is 11.2. The highest BCUT2D eigenvalue weighted by atomic mass is 32.1. The second kappa shape index (κ2) is 5.91. The second-order valence-corrected chi connectivity index (χ2v) is 6.49. The molecule has 0 aromatic heterocycles. The highest BCUT2D eigenvalue weighted by Crippen LogP contribution is 2.48. The van der Waals surface area contributed by atoms with Gasteiger partial charge in [-0.05, 0) is 12.8 Å². The number of thiol groups is 1. The smallest absolute Gasteiger partial charge is 0.270 e. The predicted octanol–water partition coefficient (Wildman–Crippen LogP) is 0.451. The molecule has 0 amide bonds. The number of hydrogen-bond acceptors (Lipinski definition) is 4. The van der Waals surface area contributed by atoms with Gasteiger partial charge in [0, 0.05) is 19.8 Å². The number of hydrogen-bond donors (Lipinski definition) is 3. The summed E-state index contributed by atoms with van der Waals surface area (Å²) in [5.41, 5.74) is 10.6. The maximum Gasteiger partial charge on any atom is 0.270 e. The summed E-state index contributed by atoms with van der Waals surface area (Å²) >= 11 is 3.92. The molecule has 0 aromatic carbocycles. The maximum atomic E-state index is 12.1. The van der Waals surface area contributed by atoms with Crippen molar-refractivity contribution in [2.75, 3.05) is 25.7 Å². The molecule has 1 heterocycles. The highest BCUT2D eigenvalue weighted by Gasteiger charge is 2.30. The van der Waals surface area contributed by atoms with Crippen LogP contribution >= 0.6 is 20.1 Å². The first-order valence-electron chi connectivity index (χ1n) is 5.13. The van der Waals surface area contributed by atoms with Crippen LogP contribution in [0.15, 0.2) is 4.99 Å². The van der Waals surface area contributed by atoms with Crippen LogP contribution in [-0.2, 0) is 9.09 Å². The van der Waals surface area contributed by atoms with E-state index in [-0.39, 0.29) is 17.9 Å². The molecule has 0 radical (unpaired) electrons. The van der Waals surface area contributed by atoms with Crippen LogP contribution in [0, 0.1) is 0 Å². The first kappa shape index (κ1) is 13.8. The first-order chi connectivity index (χ1) is 7.45. The van der Waals surface area contributed by atoms with Crippen molar-refractivity contribution >= 4 is 26.1 Å². The topological polar surface area (TPSA) is 93.9 Å². The molecule has 8 heteroatoms. The molecule has 1 aliphatic heterocycles. The van der Waals surface area contributed by atoms with Crippen molar-refractivity contribution in [1.82, 2.24) is 4.67 Å². The highest BCUT2D eigenvalue weighted by molar-refractivity contribution is 7.80. The third-order valence-corrected chi connectivity index (χ3v) is 4.95. The summed E-state index contributed by atoms with van der Waals surface area (Å²) in [7, 11) is -2.68. The van der Waals surface area contributed by atoms with Crippen LogP contribution < -0.4 is 11.5 Å². The Morgan fingerprint density at radius 3 is 2.56 bits per heavy atom. The SMILES string of the molecule is CP(=O)(OCS)N1CCC(N=C(N)N)CC1. The zero-order valence-electron chi connectivity index (χ0n) is 9.37. The standard InChI is InChI=1S/C8H19N4O2PS/c1-15(13,14-6-16)12-4-2-7(3-5-12)11-8(9)10/h7,16H,2-6H2,1H3,(H4,9,10,11). The molecule has 0 aliphatic carbocycles. The predicted molar refractivity (Wildman–Crippen MR) is 68.9 cm³/mol. The largest absolute Gasteiger partial charge is 0.370 e. The van der Waals surface area contributed by atoms with Crippen LogP contribution in [0.5, 0.6) is 0 Å². The molecule has 0 bridgehead atoms. The molecule has 0 spiro atoms. The van der Waals surface area contributed by atoms with Gasteiger partial charge in [-0.3, -0.25) is 9.56 Å². The van der Waals surface area contributed by atoms with Crippen LogP contribution in [0.1, 0.15) is 12.8 Å². The number of aliphatic imine (C=N–C) groups is 1. The molecular weight excluding hydrogens is 247 g/mol. The molecule has 4 N–H and O–H groups in total. The normalized spacial score (nSPS) is 22.6. The van der Waals surface area contributed by atoms with Crippen molar-refractivity contribution in [2.45, 2.75) is 18.9 Å². The molecule has 1 aliphatic rings. The third-order valence-electron chi connectivity index (χ3n) is 2.58. The van der Waals surface area contributed by atoms with E-state index >= 15 is 0 Å². The summed E-state index contributed by atoms with van der Waals surface area (Å²) in [4.78, 5) is 4.10. The minimum Gasteiger partial charge on any atom is -0.370 e. The van der Waals surface area contributed by atoms with E-state index in [0.717, 1.165) is 12.8 Å².